The second kappa shape index (κ2) is 8.41. The predicted octanol–water partition coefficient (Wildman–Crippen LogP) is 3.42. The molecule has 3 rings (SSSR count). The second-order valence-electron chi connectivity index (χ2n) is 8.65. The first kappa shape index (κ1) is 21.1. The number of aromatic nitrogens is 2. The van der Waals surface area contributed by atoms with Crippen LogP contribution in [0.5, 0.6) is 0 Å². The second-order valence-corrected chi connectivity index (χ2v) is 8.65. The molecule has 2 aromatic heterocycles. The van der Waals surface area contributed by atoms with Crippen molar-refractivity contribution in [2.24, 2.45) is 5.41 Å². The lowest BCUT2D eigenvalue weighted by Crippen LogP contribution is -2.21. The van der Waals surface area contributed by atoms with Crippen molar-refractivity contribution in [2.45, 2.75) is 53.2 Å². The lowest BCUT2D eigenvalue weighted by Gasteiger charge is -2.19. The van der Waals surface area contributed by atoms with Gasteiger partial charge >= 0.3 is 5.97 Å². The zero-order chi connectivity index (χ0) is 21.2. The quantitative estimate of drug-likeness (QED) is 0.719. The summed E-state index contributed by atoms with van der Waals surface area (Å²) in [5.74, 6) is -0.784. The first-order valence-corrected chi connectivity index (χ1v) is 9.93. The normalized spacial score (nSPS) is 16.8. The van der Waals surface area contributed by atoms with Crippen molar-refractivity contribution in [3.8, 4) is 0 Å². The fraction of sp³-hybridized carbons (Fsp3) is 0.571. The molecule has 158 valence electrons. The Morgan fingerprint density at radius 3 is 2.72 bits per heavy atom. The van der Waals surface area contributed by atoms with Crippen molar-refractivity contribution < 1.29 is 19.1 Å². The summed E-state index contributed by atoms with van der Waals surface area (Å²) in [6, 6.07) is 1.91. The highest BCUT2D eigenvalue weighted by atomic mass is 16.5. The number of hydrogen-bond acceptors (Lipinski definition) is 6. The van der Waals surface area contributed by atoms with E-state index in [0.29, 0.717) is 29.9 Å². The summed E-state index contributed by atoms with van der Waals surface area (Å²) in [6.07, 6.45) is 3.66. The van der Waals surface area contributed by atoms with Gasteiger partial charge in [0.2, 0.25) is 5.91 Å². The molecule has 1 aliphatic heterocycles. The van der Waals surface area contributed by atoms with Crippen LogP contribution in [0.2, 0.25) is 0 Å². The van der Waals surface area contributed by atoms with Crippen LogP contribution in [-0.4, -0.2) is 47.8 Å². The van der Waals surface area contributed by atoms with Crippen molar-refractivity contribution in [1.82, 2.24) is 9.55 Å². The van der Waals surface area contributed by atoms with Gasteiger partial charge in [0.1, 0.15) is 5.65 Å². The highest BCUT2D eigenvalue weighted by Gasteiger charge is 2.28. The number of pyridine rings is 1. The van der Waals surface area contributed by atoms with E-state index in [9.17, 15) is 9.59 Å². The molecule has 0 saturated carbocycles. The Hall–Kier alpha value is -2.61. The fourth-order valence-corrected chi connectivity index (χ4v) is 3.47. The van der Waals surface area contributed by atoms with Gasteiger partial charge in [-0.15, -0.1) is 0 Å². The average molecular weight is 402 g/mol. The lowest BCUT2D eigenvalue weighted by molar-refractivity contribution is -0.114. The van der Waals surface area contributed by atoms with Crippen LogP contribution in [0.1, 0.15) is 51.0 Å². The maximum Gasteiger partial charge on any atom is 0.356 e. The molecule has 3 heterocycles. The molecule has 8 heteroatoms. The van der Waals surface area contributed by atoms with Crippen LogP contribution in [0.15, 0.2) is 12.3 Å². The number of fused-ring (bicyclic) bond motifs is 1. The van der Waals surface area contributed by atoms with Crippen LogP contribution in [0.3, 0.4) is 0 Å². The Bertz CT molecular complexity index is 908. The predicted molar refractivity (Wildman–Crippen MR) is 112 cm³/mol. The van der Waals surface area contributed by atoms with Crippen molar-refractivity contribution in [2.75, 3.05) is 30.9 Å². The lowest BCUT2D eigenvalue weighted by atomic mass is 9.97. The van der Waals surface area contributed by atoms with E-state index in [4.69, 9.17) is 9.47 Å². The SMILES string of the molecule is COC(=O)c1c(NC(C)=O)c2cc(NCC(C)(C)C)cnc2n1C[C@@H]1CCCO1. The van der Waals surface area contributed by atoms with E-state index in [1.54, 1.807) is 10.8 Å². The van der Waals surface area contributed by atoms with E-state index >= 15 is 0 Å². The molecule has 29 heavy (non-hydrogen) atoms. The molecule has 1 atom stereocenters. The average Bonchev–Trinajstić information content (AvgIpc) is 3.26. The van der Waals surface area contributed by atoms with Crippen LogP contribution in [0, 0.1) is 5.41 Å². The number of nitrogens with one attached hydrogen (secondary N) is 2. The minimum Gasteiger partial charge on any atom is -0.464 e. The van der Waals surface area contributed by atoms with Gasteiger partial charge in [0.15, 0.2) is 5.69 Å². The molecular weight excluding hydrogens is 372 g/mol. The van der Waals surface area contributed by atoms with Crippen LogP contribution in [-0.2, 0) is 20.8 Å². The van der Waals surface area contributed by atoms with Gasteiger partial charge in [-0.1, -0.05) is 20.8 Å². The number of carbonyl (C=O) groups is 2. The molecule has 2 N–H and O–H groups in total. The van der Waals surface area contributed by atoms with Crippen molar-refractivity contribution in [3.63, 3.8) is 0 Å². The van der Waals surface area contributed by atoms with Gasteiger partial charge in [-0.25, -0.2) is 9.78 Å². The van der Waals surface area contributed by atoms with Crippen LogP contribution < -0.4 is 10.6 Å². The minimum absolute atomic E-state index is 0.000300. The van der Waals surface area contributed by atoms with E-state index in [1.807, 2.05) is 6.07 Å². The standard InChI is InChI=1S/C21H30N4O4/c1-13(26)24-17-16-9-14(23-12-21(2,3)4)10-22-19(16)25(18(17)20(27)28-5)11-15-7-6-8-29-15/h9-10,15,23H,6-8,11-12H2,1-5H3,(H,24,26)/t15-/m0/s1. The summed E-state index contributed by atoms with van der Waals surface area (Å²) in [5, 5.41) is 6.88. The van der Waals surface area contributed by atoms with Crippen molar-refractivity contribution in [1.29, 1.82) is 0 Å². The summed E-state index contributed by atoms with van der Waals surface area (Å²) in [6.45, 7) is 9.79. The number of ether oxygens (including phenoxy) is 2. The molecule has 8 nitrogen and oxygen atoms in total. The Kier molecular flexibility index (Phi) is 6.12. The third kappa shape index (κ3) is 4.87. The maximum absolute atomic E-state index is 12.6. The molecule has 2 aromatic rings. The molecule has 1 saturated heterocycles. The molecule has 0 bridgehead atoms. The number of methoxy groups -OCH3 is 1. The van der Waals surface area contributed by atoms with Gasteiger partial charge in [0.25, 0.3) is 0 Å². The van der Waals surface area contributed by atoms with Gasteiger partial charge < -0.3 is 24.7 Å². The van der Waals surface area contributed by atoms with Crippen LogP contribution in [0.25, 0.3) is 11.0 Å². The first-order chi connectivity index (χ1) is 13.7. The van der Waals surface area contributed by atoms with Gasteiger partial charge in [-0.3, -0.25) is 4.79 Å². The third-order valence-electron chi connectivity index (χ3n) is 4.81. The van der Waals surface area contributed by atoms with E-state index in [1.165, 1.54) is 14.0 Å². The summed E-state index contributed by atoms with van der Waals surface area (Å²) in [5.41, 5.74) is 2.24. The Morgan fingerprint density at radius 2 is 2.14 bits per heavy atom. The number of rotatable bonds is 6. The third-order valence-corrected chi connectivity index (χ3v) is 4.81. The number of nitrogens with zero attached hydrogens (tertiary/aromatic N) is 2. The van der Waals surface area contributed by atoms with Crippen molar-refractivity contribution in [3.05, 3.63) is 18.0 Å². The molecule has 1 fully saturated rings. The highest BCUT2D eigenvalue weighted by molar-refractivity contribution is 6.10. The Morgan fingerprint density at radius 1 is 1.38 bits per heavy atom. The van der Waals surface area contributed by atoms with E-state index in [-0.39, 0.29) is 23.1 Å². The van der Waals surface area contributed by atoms with Crippen LogP contribution >= 0.6 is 0 Å². The van der Waals surface area contributed by atoms with E-state index < -0.39 is 5.97 Å². The zero-order valence-electron chi connectivity index (χ0n) is 17.8. The number of hydrogen-bond donors (Lipinski definition) is 2. The molecule has 1 amide bonds. The molecule has 1 aliphatic rings. The van der Waals surface area contributed by atoms with Crippen molar-refractivity contribution >= 4 is 34.3 Å². The minimum atomic E-state index is -0.519. The fourth-order valence-electron chi connectivity index (χ4n) is 3.47. The molecular formula is C21H30N4O4. The summed E-state index contributed by atoms with van der Waals surface area (Å²) in [7, 11) is 1.33. The largest absolute Gasteiger partial charge is 0.464 e. The van der Waals surface area contributed by atoms with E-state index in [0.717, 1.165) is 25.1 Å². The molecule has 0 aromatic carbocycles. The monoisotopic (exact) mass is 402 g/mol. The van der Waals surface area contributed by atoms with Gasteiger partial charge in [0.05, 0.1) is 37.3 Å². The molecule has 0 unspecified atom stereocenters. The maximum atomic E-state index is 12.6. The Labute approximate surface area is 171 Å². The smallest absolute Gasteiger partial charge is 0.356 e. The van der Waals surface area contributed by atoms with Crippen LogP contribution in [0.4, 0.5) is 11.4 Å². The summed E-state index contributed by atoms with van der Waals surface area (Å²) < 4.78 is 12.6. The summed E-state index contributed by atoms with van der Waals surface area (Å²) in [4.78, 5) is 29.1. The molecule has 0 aliphatic carbocycles. The molecule has 0 radical (unpaired) electrons. The first-order valence-electron chi connectivity index (χ1n) is 9.93. The highest BCUT2D eigenvalue weighted by Crippen LogP contribution is 2.34. The topological polar surface area (TPSA) is 94.5 Å². The van der Waals surface area contributed by atoms with Gasteiger partial charge in [0, 0.05) is 25.5 Å². The van der Waals surface area contributed by atoms with Gasteiger partial charge in [-0.2, -0.15) is 0 Å². The van der Waals surface area contributed by atoms with Gasteiger partial charge in [-0.05, 0) is 24.3 Å². The molecule has 0 spiro atoms. The number of amides is 1. The Balaban J connectivity index is 2.12. The number of anilines is 2. The van der Waals surface area contributed by atoms with E-state index in [2.05, 4.69) is 36.4 Å². The summed E-state index contributed by atoms with van der Waals surface area (Å²) >= 11 is 0. The number of carbonyl (C=O) groups excluding carboxylic acids is 2. The number of esters is 1. The zero-order valence-corrected chi connectivity index (χ0v) is 17.8.